The minimum atomic E-state index is -0.268. The maximum absolute atomic E-state index is 12.4. The van der Waals surface area contributed by atoms with Crippen LogP contribution in [-0.2, 0) is 9.59 Å². The second kappa shape index (κ2) is 4.23. The molecule has 1 fully saturated rings. The smallest absolute Gasteiger partial charge is 0.238 e. The van der Waals surface area contributed by atoms with Gasteiger partial charge in [0.05, 0.1) is 17.5 Å². The molecular weight excluding hydrogens is 242 g/mol. The molecule has 1 aromatic rings. The van der Waals surface area contributed by atoms with E-state index in [2.05, 4.69) is 0 Å². The molecule has 19 heavy (non-hydrogen) atoms. The molecule has 1 aliphatic carbocycles. The third-order valence-corrected chi connectivity index (χ3v) is 3.95. The van der Waals surface area contributed by atoms with E-state index >= 15 is 0 Å². The van der Waals surface area contributed by atoms with Crippen molar-refractivity contribution >= 4 is 17.5 Å². The summed E-state index contributed by atoms with van der Waals surface area (Å²) in [4.78, 5) is 25.9. The number of aromatic hydroxyl groups is 1. The Morgan fingerprint density at radius 1 is 1.16 bits per heavy atom. The molecule has 1 heterocycles. The Balaban J connectivity index is 2.00. The van der Waals surface area contributed by atoms with Gasteiger partial charge in [0.2, 0.25) is 11.8 Å². The predicted molar refractivity (Wildman–Crippen MR) is 70.6 cm³/mol. The van der Waals surface area contributed by atoms with Crippen molar-refractivity contribution in [2.24, 2.45) is 11.8 Å². The van der Waals surface area contributed by atoms with Crippen molar-refractivity contribution in [2.45, 2.75) is 19.8 Å². The zero-order valence-corrected chi connectivity index (χ0v) is 10.7. The van der Waals surface area contributed by atoms with E-state index in [1.54, 1.807) is 18.2 Å². The zero-order chi connectivity index (χ0) is 13.6. The molecule has 2 aliphatic rings. The number of hydrogen-bond donors (Lipinski definition) is 1. The lowest BCUT2D eigenvalue weighted by molar-refractivity contribution is -0.122. The van der Waals surface area contributed by atoms with Crippen molar-refractivity contribution in [3.8, 4) is 5.75 Å². The molecule has 1 aromatic carbocycles. The van der Waals surface area contributed by atoms with Gasteiger partial charge in [-0.15, -0.1) is 0 Å². The molecule has 0 unspecified atom stereocenters. The van der Waals surface area contributed by atoms with Gasteiger partial charge in [-0.25, -0.2) is 4.90 Å². The van der Waals surface area contributed by atoms with Crippen LogP contribution in [0, 0.1) is 11.8 Å². The fraction of sp³-hybridized carbons (Fsp3) is 0.333. The molecule has 2 atom stereocenters. The topological polar surface area (TPSA) is 57.6 Å². The van der Waals surface area contributed by atoms with Gasteiger partial charge in [-0.05, 0) is 31.9 Å². The van der Waals surface area contributed by atoms with Gasteiger partial charge in [-0.2, -0.15) is 0 Å². The molecular formula is C15H15NO3. The lowest BCUT2D eigenvalue weighted by Crippen LogP contribution is -2.30. The summed E-state index contributed by atoms with van der Waals surface area (Å²) in [5, 5.41) is 9.83. The Morgan fingerprint density at radius 3 is 2.58 bits per heavy atom. The molecule has 1 saturated heterocycles. The minimum Gasteiger partial charge on any atom is -0.506 e. The summed E-state index contributed by atoms with van der Waals surface area (Å²) < 4.78 is 0. The molecule has 4 heteroatoms. The van der Waals surface area contributed by atoms with Gasteiger partial charge in [0, 0.05) is 0 Å². The average molecular weight is 257 g/mol. The molecule has 0 spiro atoms. The van der Waals surface area contributed by atoms with Crippen LogP contribution < -0.4 is 4.90 Å². The van der Waals surface area contributed by atoms with E-state index in [-0.39, 0.29) is 29.4 Å². The Bertz CT molecular complexity index is 591. The maximum Gasteiger partial charge on any atom is 0.238 e. The number of phenolic OH excluding ortho intramolecular Hbond substituents is 1. The van der Waals surface area contributed by atoms with E-state index in [0.29, 0.717) is 18.5 Å². The van der Waals surface area contributed by atoms with Gasteiger partial charge in [-0.3, -0.25) is 9.59 Å². The third kappa shape index (κ3) is 1.75. The summed E-state index contributed by atoms with van der Waals surface area (Å²) in [5.74, 6) is -0.954. The summed E-state index contributed by atoms with van der Waals surface area (Å²) in [6, 6.07) is 6.47. The van der Waals surface area contributed by atoms with Crippen LogP contribution >= 0.6 is 0 Å². The van der Waals surface area contributed by atoms with Crippen molar-refractivity contribution in [2.75, 3.05) is 4.90 Å². The zero-order valence-electron chi connectivity index (χ0n) is 10.7. The molecule has 0 aromatic heterocycles. The van der Waals surface area contributed by atoms with Gasteiger partial charge in [0.25, 0.3) is 0 Å². The molecule has 3 rings (SSSR count). The van der Waals surface area contributed by atoms with E-state index in [0.717, 1.165) is 10.5 Å². The van der Waals surface area contributed by atoms with Crippen LogP contribution in [0.2, 0.25) is 0 Å². The quantitative estimate of drug-likeness (QED) is 0.620. The number of rotatable bonds is 1. The number of carbonyl (C=O) groups excluding carboxylic acids is 2. The van der Waals surface area contributed by atoms with Crippen molar-refractivity contribution < 1.29 is 14.7 Å². The lowest BCUT2D eigenvalue weighted by atomic mass is 9.82. The second-order valence-corrected chi connectivity index (χ2v) is 5.20. The second-order valence-electron chi connectivity index (χ2n) is 5.20. The Hall–Kier alpha value is -2.10. The molecule has 4 nitrogen and oxygen atoms in total. The van der Waals surface area contributed by atoms with Gasteiger partial charge in [0.15, 0.2) is 0 Å². The molecule has 0 saturated carbocycles. The van der Waals surface area contributed by atoms with Crippen molar-refractivity contribution in [1.82, 2.24) is 0 Å². The molecule has 98 valence electrons. The first-order valence-corrected chi connectivity index (χ1v) is 6.41. The molecule has 2 amide bonds. The van der Waals surface area contributed by atoms with E-state index < -0.39 is 0 Å². The van der Waals surface area contributed by atoms with Crippen LogP contribution in [0.15, 0.2) is 35.9 Å². The fourth-order valence-corrected chi connectivity index (χ4v) is 2.93. The largest absolute Gasteiger partial charge is 0.506 e. The van der Waals surface area contributed by atoms with E-state index in [1.165, 1.54) is 6.07 Å². The number of nitrogens with zero attached hydrogens (tertiary/aromatic N) is 1. The van der Waals surface area contributed by atoms with E-state index in [4.69, 9.17) is 0 Å². The van der Waals surface area contributed by atoms with Crippen LogP contribution in [-0.4, -0.2) is 16.9 Å². The van der Waals surface area contributed by atoms with Gasteiger partial charge in [0.1, 0.15) is 5.75 Å². The van der Waals surface area contributed by atoms with Gasteiger partial charge in [-0.1, -0.05) is 23.8 Å². The van der Waals surface area contributed by atoms with Crippen LogP contribution in [0.5, 0.6) is 5.75 Å². The minimum absolute atomic E-state index is 0.0347. The number of anilines is 1. The number of amides is 2. The third-order valence-electron chi connectivity index (χ3n) is 3.95. The summed E-state index contributed by atoms with van der Waals surface area (Å²) in [5.41, 5.74) is 1.45. The predicted octanol–water partition coefficient (Wildman–Crippen LogP) is 2.24. The summed E-state index contributed by atoms with van der Waals surface area (Å²) >= 11 is 0. The number of para-hydroxylation sites is 2. The number of imide groups is 1. The number of hydrogen-bond acceptors (Lipinski definition) is 3. The SMILES string of the molecule is CC1=CC[C@H]2C(=O)N(c3ccccc3O)C(=O)[C@H]2C1. The average Bonchev–Trinajstić information content (AvgIpc) is 2.63. The van der Waals surface area contributed by atoms with E-state index in [9.17, 15) is 14.7 Å². The first-order valence-electron chi connectivity index (χ1n) is 6.41. The Labute approximate surface area is 111 Å². The Morgan fingerprint density at radius 2 is 1.84 bits per heavy atom. The van der Waals surface area contributed by atoms with Crippen LogP contribution in [0.1, 0.15) is 19.8 Å². The van der Waals surface area contributed by atoms with Crippen LogP contribution in [0.4, 0.5) is 5.69 Å². The number of allylic oxidation sites excluding steroid dienone is 2. The van der Waals surface area contributed by atoms with Crippen molar-refractivity contribution in [1.29, 1.82) is 0 Å². The fourth-order valence-electron chi connectivity index (χ4n) is 2.93. The van der Waals surface area contributed by atoms with Crippen molar-refractivity contribution in [3.05, 3.63) is 35.9 Å². The molecule has 1 aliphatic heterocycles. The highest BCUT2D eigenvalue weighted by atomic mass is 16.3. The standard InChI is InChI=1S/C15H15NO3/c1-9-6-7-10-11(8-9)15(19)16(14(10)18)12-4-2-3-5-13(12)17/h2-6,10-11,17H,7-8H2,1H3/t10-,11+/m1/s1. The number of fused-ring (bicyclic) bond motifs is 1. The highest BCUT2D eigenvalue weighted by Crippen LogP contribution is 2.41. The molecule has 0 radical (unpaired) electrons. The normalized spacial score (nSPS) is 26.4. The van der Waals surface area contributed by atoms with Crippen LogP contribution in [0.25, 0.3) is 0 Å². The maximum atomic E-state index is 12.4. The highest BCUT2D eigenvalue weighted by Gasteiger charge is 2.49. The van der Waals surface area contributed by atoms with Crippen LogP contribution in [0.3, 0.4) is 0 Å². The number of benzene rings is 1. The first-order chi connectivity index (χ1) is 9.09. The number of phenols is 1. The van der Waals surface area contributed by atoms with Gasteiger partial charge < -0.3 is 5.11 Å². The van der Waals surface area contributed by atoms with E-state index in [1.807, 2.05) is 13.0 Å². The molecule has 1 N–H and O–H groups in total. The number of carbonyl (C=O) groups is 2. The summed E-state index contributed by atoms with van der Waals surface area (Å²) in [6.45, 7) is 1.98. The lowest BCUT2D eigenvalue weighted by Gasteiger charge is -2.18. The monoisotopic (exact) mass is 257 g/mol. The molecule has 0 bridgehead atoms. The van der Waals surface area contributed by atoms with Crippen molar-refractivity contribution in [3.63, 3.8) is 0 Å². The summed E-state index contributed by atoms with van der Waals surface area (Å²) in [6.07, 6.45) is 3.28. The first kappa shape index (κ1) is 12.0. The summed E-state index contributed by atoms with van der Waals surface area (Å²) in [7, 11) is 0. The Kier molecular flexibility index (Phi) is 2.66. The van der Waals surface area contributed by atoms with Gasteiger partial charge >= 0.3 is 0 Å². The highest BCUT2D eigenvalue weighted by molar-refractivity contribution is 6.22.